The van der Waals surface area contributed by atoms with Crippen LogP contribution in [0.3, 0.4) is 0 Å². The van der Waals surface area contributed by atoms with Crippen LogP contribution in [-0.2, 0) is 0 Å². The minimum absolute atomic E-state index is 0.188. The molecule has 0 spiro atoms. The summed E-state index contributed by atoms with van der Waals surface area (Å²) in [5.41, 5.74) is 1.51. The molecule has 0 fully saturated rings. The lowest BCUT2D eigenvalue weighted by Gasteiger charge is -2.02. The van der Waals surface area contributed by atoms with E-state index in [1.165, 1.54) is 0 Å². The molecule has 4 heteroatoms. The molecule has 2 nitrogen and oxygen atoms in total. The monoisotopic (exact) mass is 353 g/mol. The van der Waals surface area contributed by atoms with Crippen molar-refractivity contribution in [1.82, 2.24) is 0 Å². The van der Waals surface area contributed by atoms with Gasteiger partial charge in [0.15, 0.2) is 0 Å². The van der Waals surface area contributed by atoms with Crippen LogP contribution in [0.15, 0.2) is 56.4 Å². The van der Waals surface area contributed by atoms with Gasteiger partial charge in [0.2, 0.25) is 0 Å². The maximum atomic E-state index is 9.84. The molecule has 2 aromatic carbocycles. The summed E-state index contributed by atoms with van der Waals surface area (Å²) in [6.45, 7) is 0. The topological polar surface area (TPSA) is 32.6 Å². The summed E-state index contributed by atoms with van der Waals surface area (Å²) in [6.07, 6.45) is 1.64. The van der Waals surface area contributed by atoms with Crippen molar-refractivity contribution in [3.8, 4) is 5.75 Å². The Bertz CT molecular complexity index is 553. The number of rotatable bonds is 2. The summed E-state index contributed by atoms with van der Waals surface area (Å²) in [7, 11) is 0. The summed E-state index contributed by atoms with van der Waals surface area (Å²) in [6, 6.07) is 13.2. The van der Waals surface area contributed by atoms with Crippen LogP contribution in [0, 0.1) is 0 Å². The first kappa shape index (κ1) is 12.3. The largest absolute Gasteiger partial charge is 0.506 e. The highest BCUT2D eigenvalue weighted by molar-refractivity contribution is 9.11. The van der Waals surface area contributed by atoms with Gasteiger partial charge >= 0.3 is 0 Å². The highest BCUT2D eigenvalue weighted by Gasteiger charge is 2.04. The Morgan fingerprint density at radius 2 is 1.76 bits per heavy atom. The first-order valence-corrected chi connectivity index (χ1v) is 6.52. The Labute approximate surface area is 116 Å². The minimum Gasteiger partial charge on any atom is -0.506 e. The van der Waals surface area contributed by atoms with E-state index < -0.39 is 0 Å². The lowest BCUT2D eigenvalue weighted by Crippen LogP contribution is -1.84. The van der Waals surface area contributed by atoms with E-state index in [-0.39, 0.29) is 5.75 Å². The Morgan fingerprint density at radius 3 is 2.47 bits per heavy atom. The van der Waals surface area contributed by atoms with Crippen molar-refractivity contribution in [3.63, 3.8) is 0 Å². The highest BCUT2D eigenvalue weighted by atomic mass is 79.9. The van der Waals surface area contributed by atoms with E-state index in [9.17, 15) is 5.11 Å². The van der Waals surface area contributed by atoms with Gasteiger partial charge in [-0.2, -0.15) is 0 Å². The predicted molar refractivity (Wildman–Crippen MR) is 77.2 cm³/mol. The lowest BCUT2D eigenvalue weighted by atomic mass is 10.2. The van der Waals surface area contributed by atoms with E-state index in [2.05, 4.69) is 36.9 Å². The number of hydrogen-bond donors (Lipinski definition) is 1. The van der Waals surface area contributed by atoms with Crippen LogP contribution in [0.2, 0.25) is 0 Å². The first-order chi connectivity index (χ1) is 8.16. The molecule has 0 aliphatic heterocycles. The lowest BCUT2D eigenvalue weighted by molar-refractivity contribution is 0.471. The average molecular weight is 355 g/mol. The van der Waals surface area contributed by atoms with Crippen LogP contribution in [0.1, 0.15) is 5.56 Å². The van der Waals surface area contributed by atoms with Gasteiger partial charge in [0, 0.05) is 16.3 Å². The molecule has 0 unspecified atom stereocenters. The van der Waals surface area contributed by atoms with Crippen molar-refractivity contribution >= 4 is 43.8 Å². The van der Waals surface area contributed by atoms with Crippen molar-refractivity contribution in [3.05, 3.63) is 57.0 Å². The molecule has 0 saturated heterocycles. The summed E-state index contributed by atoms with van der Waals surface area (Å²) in [5, 5.41) is 9.84. The third-order valence-corrected chi connectivity index (χ3v) is 3.23. The van der Waals surface area contributed by atoms with Crippen LogP contribution in [-0.4, -0.2) is 11.3 Å². The number of benzene rings is 2. The van der Waals surface area contributed by atoms with Gasteiger partial charge in [0.25, 0.3) is 0 Å². The number of aromatic hydroxyl groups is 1. The summed E-state index contributed by atoms with van der Waals surface area (Å²) >= 11 is 6.65. The van der Waals surface area contributed by atoms with Gasteiger partial charge in [-0.05, 0) is 40.2 Å². The molecule has 17 heavy (non-hydrogen) atoms. The average Bonchev–Trinajstić information content (AvgIpc) is 2.33. The number of hydrogen-bond acceptors (Lipinski definition) is 2. The fraction of sp³-hybridized carbons (Fsp3) is 0. The van der Waals surface area contributed by atoms with E-state index in [4.69, 9.17) is 0 Å². The zero-order valence-electron chi connectivity index (χ0n) is 8.77. The highest BCUT2D eigenvalue weighted by Crippen LogP contribution is 2.30. The van der Waals surface area contributed by atoms with E-state index in [1.807, 2.05) is 36.4 Å². The van der Waals surface area contributed by atoms with Gasteiger partial charge in [0.1, 0.15) is 5.75 Å². The van der Waals surface area contributed by atoms with Crippen LogP contribution in [0.5, 0.6) is 5.75 Å². The number of phenols is 1. The van der Waals surface area contributed by atoms with Crippen molar-refractivity contribution in [1.29, 1.82) is 0 Å². The normalized spacial score (nSPS) is 10.9. The molecule has 0 aliphatic carbocycles. The van der Waals surface area contributed by atoms with E-state index in [0.29, 0.717) is 10.0 Å². The maximum Gasteiger partial charge on any atom is 0.138 e. The van der Waals surface area contributed by atoms with Gasteiger partial charge in [-0.15, -0.1) is 0 Å². The zero-order chi connectivity index (χ0) is 12.3. The second-order valence-corrected chi connectivity index (χ2v) is 5.19. The summed E-state index contributed by atoms with van der Waals surface area (Å²) < 4.78 is 1.53. The molecule has 0 amide bonds. The van der Waals surface area contributed by atoms with Gasteiger partial charge in [0.05, 0.1) is 10.2 Å². The molecular weight excluding hydrogens is 346 g/mol. The third-order valence-electron chi connectivity index (χ3n) is 2.17. The molecule has 0 aliphatic rings. The molecule has 86 valence electrons. The number of aliphatic imine (C=N–C) groups is 1. The summed E-state index contributed by atoms with van der Waals surface area (Å²) in [5.74, 6) is 0.188. The van der Waals surface area contributed by atoms with Gasteiger partial charge in [-0.25, -0.2) is 0 Å². The Balaban J connectivity index is 2.33. The van der Waals surface area contributed by atoms with E-state index >= 15 is 0 Å². The molecule has 0 bridgehead atoms. The Hall–Kier alpha value is -1.13. The molecule has 0 radical (unpaired) electrons. The third kappa shape index (κ3) is 3.17. The van der Waals surface area contributed by atoms with Gasteiger partial charge in [-0.3, -0.25) is 4.99 Å². The molecule has 2 rings (SSSR count). The predicted octanol–water partition coefficient (Wildman–Crippen LogP) is 4.67. The second-order valence-electron chi connectivity index (χ2n) is 3.42. The quantitative estimate of drug-likeness (QED) is 0.781. The standard InChI is InChI=1S/C13H9Br2NO/c14-10-6-9(13(17)12(15)7-10)8-16-11-4-2-1-3-5-11/h1-8,17H/b16-8+. The maximum absolute atomic E-state index is 9.84. The van der Waals surface area contributed by atoms with E-state index in [0.717, 1.165) is 10.2 Å². The fourth-order valence-electron chi connectivity index (χ4n) is 1.34. The molecule has 0 saturated carbocycles. The van der Waals surface area contributed by atoms with Gasteiger partial charge < -0.3 is 5.11 Å². The summed E-state index contributed by atoms with van der Waals surface area (Å²) in [4.78, 5) is 4.29. The molecule has 0 heterocycles. The van der Waals surface area contributed by atoms with Crippen molar-refractivity contribution in [2.24, 2.45) is 4.99 Å². The molecular formula is C13H9Br2NO. The molecule has 1 N–H and O–H groups in total. The van der Waals surface area contributed by atoms with E-state index in [1.54, 1.807) is 12.3 Å². The smallest absolute Gasteiger partial charge is 0.138 e. The number of halogens is 2. The van der Waals surface area contributed by atoms with Crippen molar-refractivity contribution < 1.29 is 5.11 Å². The minimum atomic E-state index is 0.188. The Morgan fingerprint density at radius 1 is 1.06 bits per heavy atom. The van der Waals surface area contributed by atoms with Crippen LogP contribution >= 0.6 is 31.9 Å². The van der Waals surface area contributed by atoms with Gasteiger partial charge in [-0.1, -0.05) is 34.1 Å². The van der Waals surface area contributed by atoms with Crippen molar-refractivity contribution in [2.75, 3.05) is 0 Å². The second kappa shape index (κ2) is 5.47. The Kier molecular flexibility index (Phi) is 3.97. The van der Waals surface area contributed by atoms with Crippen LogP contribution < -0.4 is 0 Å². The number of nitrogens with zero attached hydrogens (tertiary/aromatic N) is 1. The fourth-order valence-corrected chi connectivity index (χ4v) is 2.60. The SMILES string of the molecule is Oc1c(Br)cc(Br)cc1/C=N/c1ccccc1. The molecule has 0 aromatic heterocycles. The molecule has 2 aromatic rings. The van der Waals surface area contributed by atoms with Crippen LogP contribution in [0.4, 0.5) is 5.69 Å². The zero-order valence-corrected chi connectivity index (χ0v) is 11.9. The first-order valence-electron chi connectivity index (χ1n) is 4.94. The van der Waals surface area contributed by atoms with Crippen LogP contribution in [0.25, 0.3) is 0 Å². The number of phenolic OH excluding ortho intramolecular Hbond substituents is 1. The molecule has 0 atom stereocenters. The number of para-hydroxylation sites is 1. The van der Waals surface area contributed by atoms with Crippen molar-refractivity contribution in [2.45, 2.75) is 0 Å².